The number of anilines is 1. The maximum Gasteiger partial charge on any atom is 0.125 e. The maximum absolute atomic E-state index is 6.12. The molecule has 0 amide bonds. The van der Waals surface area contributed by atoms with E-state index in [0.717, 1.165) is 35.7 Å². The van der Waals surface area contributed by atoms with Gasteiger partial charge in [0, 0.05) is 49.2 Å². The van der Waals surface area contributed by atoms with Crippen LogP contribution in [0.5, 0.6) is 5.75 Å². The highest BCUT2D eigenvalue weighted by Gasteiger charge is 2.15. The van der Waals surface area contributed by atoms with Gasteiger partial charge in [-0.05, 0) is 31.2 Å². The van der Waals surface area contributed by atoms with Crippen molar-refractivity contribution in [2.24, 2.45) is 5.73 Å². The van der Waals surface area contributed by atoms with E-state index in [1.54, 1.807) is 7.11 Å². The van der Waals surface area contributed by atoms with E-state index in [-0.39, 0.29) is 6.04 Å². The molecular weight excluding hydrogens is 262 g/mol. The first-order valence-electron chi connectivity index (χ1n) is 7.17. The molecule has 0 fully saturated rings. The molecule has 1 atom stereocenters. The number of hydrogen-bond acceptors (Lipinski definition) is 4. The summed E-state index contributed by atoms with van der Waals surface area (Å²) in [5, 5.41) is 0. The SMILES string of the molecule is COc1cccc(N(C)CCc2ccccn2)c1[C@@H](C)N. The molecule has 0 unspecified atom stereocenters. The Hall–Kier alpha value is -2.07. The number of nitrogens with two attached hydrogens (primary N) is 1. The van der Waals surface area contributed by atoms with Gasteiger partial charge in [-0.2, -0.15) is 0 Å². The van der Waals surface area contributed by atoms with Crippen molar-refractivity contribution in [1.82, 2.24) is 4.98 Å². The minimum absolute atomic E-state index is 0.0755. The van der Waals surface area contributed by atoms with Crippen molar-refractivity contribution in [2.45, 2.75) is 19.4 Å². The number of nitrogens with zero attached hydrogens (tertiary/aromatic N) is 2. The van der Waals surface area contributed by atoms with Gasteiger partial charge in [0.25, 0.3) is 0 Å². The number of rotatable bonds is 6. The molecule has 1 heterocycles. The Morgan fingerprint density at radius 1 is 1.24 bits per heavy atom. The average Bonchev–Trinajstić information content (AvgIpc) is 2.52. The van der Waals surface area contributed by atoms with Gasteiger partial charge in [0.05, 0.1) is 7.11 Å². The molecule has 0 spiro atoms. The summed E-state index contributed by atoms with van der Waals surface area (Å²) in [6.07, 6.45) is 2.72. The van der Waals surface area contributed by atoms with Crippen LogP contribution in [0.3, 0.4) is 0 Å². The van der Waals surface area contributed by atoms with Gasteiger partial charge in [0.2, 0.25) is 0 Å². The highest BCUT2D eigenvalue weighted by molar-refractivity contribution is 5.60. The summed E-state index contributed by atoms with van der Waals surface area (Å²) in [4.78, 5) is 6.56. The van der Waals surface area contributed by atoms with Crippen LogP contribution in [0.2, 0.25) is 0 Å². The normalized spacial score (nSPS) is 12.0. The van der Waals surface area contributed by atoms with E-state index in [1.165, 1.54) is 0 Å². The van der Waals surface area contributed by atoms with E-state index in [0.29, 0.717) is 0 Å². The van der Waals surface area contributed by atoms with Crippen LogP contribution < -0.4 is 15.4 Å². The molecule has 1 aromatic heterocycles. The molecule has 0 aliphatic carbocycles. The fourth-order valence-corrected chi connectivity index (χ4v) is 2.45. The highest BCUT2D eigenvalue weighted by atomic mass is 16.5. The lowest BCUT2D eigenvalue weighted by Gasteiger charge is -2.25. The molecule has 0 saturated heterocycles. The van der Waals surface area contributed by atoms with Gasteiger partial charge in [0.1, 0.15) is 5.75 Å². The molecular formula is C17H23N3O. The zero-order valence-electron chi connectivity index (χ0n) is 12.9. The van der Waals surface area contributed by atoms with Crippen molar-refractivity contribution in [1.29, 1.82) is 0 Å². The van der Waals surface area contributed by atoms with Crippen LogP contribution in [0.25, 0.3) is 0 Å². The van der Waals surface area contributed by atoms with E-state index in [1.807, 2.05) is 43.5 Å². The Morgan fingerprint density at radius 2 is 2.05 bits per heavy atom. The van der Waals surface area contributed by atoms with Crippen molar-refractivity contribution >= 4 is 5.69 Å². The summed E-state index contributed by atoms with van der Waals surface area (Å²) in [7, 11) is 3.75. The Kier molecular flexibility index (Phi) is 5.17. The topological polar surface area (TPSA) is 51.4 Å². The van der Waals surface area contributed by atoms with Crippen LogP contribution in [0.4, 0.5) is 5.69 Å². The molecule has 0 aliphatic rings. The summed E-state index contributed by atoms with van der Waals surface area (Å²) >= 11 is 0. The Bertz CT molecular complexity index is 570. The van der Waals surface area contributed by atoms with Crippen molar-refractivity contribution < 1.29 is 4.74 Å². The second-order valence-corrected chi connectivity index (χ2v) is 5.17. The molecule has 4 nitrogen and oxygen atoms in total. The molecule has 0 saturated carbocycles. The fourth-order valence-electron chi connectivity index (χ4n) is 2.45. The molecule has 112 valence electrons. The molecule has 2 rings (SSSR count). The quantitative estimate of drug-likeness (QED) is 0.886. The van der Waals surface area contributed by atoms with Gasteiger partial charge in [-0.15, -0.1) is 0 Å². The first-order valence-corrected chi connectivity index (χ1v) is 7.17. The van der Waals surface area contributed by atoms with Crippen LogP contribution in [-0.4, -0.2) is 25.7 Å². The summed E-state index contributed by atoms with van der Waals surface area (Å²) in [6, 6.07) is 12.0. The van der Waals surface area contributed by atoms with Gasteiger partial charge < -0.3 is 15.4 Å². The molecule has 21 heavy (non-hydrogen) atoms. The lowest BCUT2D eigenvalue weighted by molar-refractivity contribution is 0.407. The number of aromatic nitrogens is 1. The van der Waals surface area contributed by atoms with Crippen LogP contribution in [-0.2, 0) is 6.42 Å². The van der Waals surface area contributed by atoms with Gasteiger partial charge in [0.15, 0.2) is 0 Å². The van der Waals surface area contributed by atoms with E-state index < -0.39 is 0 Å². The summed E-state index contributed by atoms with van der Waals surface area (Å²) in [5.74, 6) is 0.840. The molecule has 2 aromatic rings. The summed E-state index contributed by atoms with van der Waals surface area (Å²) in [6.45, 7) is 2.86. The number of hydrogen-bond donors (Lipinski definition) is 1. The second kappa shape index (κ2) is 7.09. The third-order valence-corrected chi connectivity index (χ3v) is 3.56. The van der Waals surface area contributed by atoms with Crippen LogP contribution in [0, 0.1) is 0 Å². The largest absolute Gasteiger partial charge is 0.496 e. The maximum atomic E-state index is 6.12. The zero-order valence-corrected chi connectivity index (χ0v) is 12.9. The first-order chi connectivity index (χ1) is 10.1. The fraction of sp³-hybridized carbons (Fsp3) is 0.353. The second-order valence-electron chi connectivity index (χ2n) is 5.17. The first kappa shape index (κ1) is 15.3. The van der Waals surface area contributed by atoms with Crippen LogP contribution in [0.15, 0.2) is 42.6 Å². The number of pyridine rings is 1. The lowest BCUT2D eigenvalue weighted by atomic mass is 10.0. The minimum atomic E-state index is -0.0755. The van der Waals surface area contributed by atoms with Crippen molar-refractivity contribution in [2.75, 3.05) is 25.6 Å². The number of ether oxygens (including phenoxy) is 1. The smallest absolute Gasteiger partial charge is 0.125 e. The van der Waals surface area contributed by atoms with Gasteiger partial charge >= 0.3 is 0 Å². The summed E-state index contributed by atoms with van der Waals surface area (Å²) < 4.78 is 5.44. The van der Waals surface area contributed by atoms with Crippen LogP contribution in [0.1, 0.15) is 24.2 Å². The molecule has 4 heteroatoms. The van der Waals surface area contributed by atoms with Crippen molar-refractivity contribution in [3.8, 4) is 5.75 Å². The number of methoxy groups -OCH3 is 1. The standard InChI is InChI=1S/C17H23N3O/c1-13(18)17-15(8-6-9-16(17)21-3)20(2)12-10-14-7-4-5-11-19-14/h4-9,11,13H,10,12,18H2,1-3H3/t13-/m1/s1. The third kappa shape index (κ3) is 3.73. The Labute approximate surface area is 126 Å². The van der Waals surface area contributed by atoms with Crippen LogP contribution >= 0.6 is 0 Å². The van der Waals surface area contributed by atoms with E-state index in [9.17, 15) is 0 Å². The molecule has 2 N–H and O–H groups in total. The van der Waals surface area contributed by atoms with E-state index in [2.05, 4.69) is 23.0 Å². The predicted octanol–water partition coefficient (Wildman–Crippen LogP) is 2.79. The Balaban J connectivity index is 2.17. The van der Waals surface area contributed by atoms with Crippen molar-refractivity contribution in [3.63, 3.8) is 0 Å². The Morgan fingerprint density at radius 3 is 2.67 bits per heavy atom. The van der Waals surface area contributed by atoms with E-state index >= 15 is 0 Å². The molecule has 0 radical (unpaired) electrons. The van der Waals surface area contributed by atoms with Gasteiger partial charge in [-0.25, -0.2) is 0 Å². The molecule has 0 bridgehead atoms. The van der Waals surface area contributed by atoms with Gasteiger partial charge in [-0.3, -0.25) is 4.98 Å². The third-order valence-electron chi connectivity index (χ3n) is 3.56. The monoisotopic (exact) mass is 285 g/mol. The summed E-state index contributed by atoms with van der Waals surface area (Å²) in [5.41, 5.74) is 9.37. The molecule has 0 aliphatic heterocycles. The number of likely N-dealkylation sites (N-methyl/N-ethyl adjacent to an activating group) is 1. The molecule has 1 aromatic carbocycles. The zero-order chi connectivity index (χ0) is 15.2. The number of benzene rings is 1. The highest BCUT2D eigenvalue weighted by Crippen LogP contribution is 2.33. The minimum Gasteiger partial charge on any atom is -0.496 e. The lowest BCUT2D eigenvalue weighted by Crippen LogP contribution is -2.23. The predicted molar refractivity (Wildman–Crippen MR) is 86.8 cm³/mol. The van der Waals surface area contributed by atoms with Crippen molar-refractivity contribution in [3.05, 3.63) is 53.9 Å². The van der Waals surface area contributed by atoms with Gasteiger partial charge in [-0.1, -0.05) is 12.1 Å². The average molecular weight is 285 g/mol. The van der Waals surface area contributed by atoms with E-state index in [4.69, 9.17) is 10.5 Å².